The van der Waals surface area contributed by atoms with Crippen molar-refractivity contribution in [3.05, 3.63) is 51.4 Å². The normalized spacial score (nSPS) is 29.0. The van der Waals surface area contributed by atoms with Crippen LogP contribution in [0.1, 0.15) is 30.9 Å². The smallest absolute Gasteiger partial charge is 0.215 e. The second-order valence-corrected chi connectivity index (χ2v) is 8.02. The van der Waals surface area contributed by atoms with Gasteiger partial charge in [0.1, 0.15) is 11.9 Å². The fourth-order valence-electron chi connectivity index (χ4n) is 4.07. The Morgan fingerprint density at radius 1 is 1.44 bits per heavy atom. The van der Waals surface area contributed by atoms with Crippen molar-refractivity contribution in [2.45, 2.75) is 45.2 Å². The molecule has 1 heterocycles. The van der Waals surface area contributed by atoms with Crippen LogP contribution in [0.2, 0.25) is 0 Å². The maximum Gasteiger partial charge on any atom is 0.215 e. The minimum absolute atomic E-state index is 0.113. The number of benzene rings is 1. The maximum absolute atomic E-state index is 12.2. The van der Waals surface area contributed by atoms with Crippen molar-refractivity contribution >= 4 is 23.8 Å². The Morgan fingerprint density at radius 2 is 2.16 bits per heavy atom. The number of nitroso groups, excluding NO2 is 1. The highest BCUT2D eigenvalue weighted by molar-refractivity contribution is 7.71. The first-order valence-electron chi connectivity index (χ1n) is 8.50. The molecule has 3 atom stereocenters. The number of hydrogen-bond donors (Lipinski definition) is 1. The van der Waals surface area contributed by atoms with Crippen LogP contribution in [0.25, 0.3) is 0 Å². The lowest BCUT2D eigenvalue weighted by atomic mass is 9.70. The zero-order valence-corrected chi connectivity index (χ0v) is 16.1. The fraction of sp³-hybridized carbons (Fsp3) is 0.556. The third-order valence-corrected chi connectivity index (χ3v) is 6.76. The summed E-state index contributed by atoms with van der Waals surface area (Å²) in [4.78, 5) is 16.3. The van der Waals surface area contributed by atoms with Gasteiger partial charge in [-0.1, -0.05) is 41.9 Å². The topological polar surface area (TPSA) is 63.0 Å². The van der Waals surface area contributed by atoms with E-state index in [9.17, 15) is 4.91 Å². The number of rotatable bonds is 6. The highest BCUT2D eigenvalue weighted by atomic mass is 35.5. The molecule has 0 saturated heterocycles. The van der Waals surface area contributed by atoms with Gasteiger partial charge in [0.2, 0.25) is 4.77 Å². The molecule has 0 aliphatic heterocycles. The molecule has 0 amide bonds. The van der Waals surface area contributed by atoms with Crippen LogP contribution >= 0.6 is 23.8 Å². The van der Waals surface area contributed by atoms with Crippen molar-refractivity contribution in [2.75, 3.05) is 5.88 Å². The molecule has 0 radical (unpaired) electrons. The molecule has 5 nitrogen and oxygen atoms in total. The molecule has 0 bridgehead atoms. The second kappa shape index (κ2) is 7.00. The van der Waals surface area contributed by atoms with Gasteiger partial charge in [0, 0.05) is 11.3 Å². The van der Waals surface area contributed by atoms with Crippen LogP contribution in [-0.2, 0) is 13.0 Å². The van der Waals surface area contributed by atoms with Crippen LogP contribution in [-0.4, -0.2) is 26.2 Å². The Kier molecular flexibility index (Phi) is 5.11. The molecule has 1 fully saturated rings. The third-order valence-electron chi connectivity index (χ3n) is 5.84. The number of alkyl halides is 1. The molecule has 3 unspecified atom stereocenters. The van der Waals surface area contributed by atoms with E-state index >= 15 is 0 Å². The van der Waals surface area contributed by atoms with Gasteiger partial charge in [0.15, 0.2) is 0 Å². The minimum atomic E-state index is -0.815. The van der Waals surface area contributed by atoms with E-state index < -0.39 is 5.54 Å². The number of aromatic amines is 1. The van der Waals surface area contributed by atoms with Gasteiger partial charge in [-0.05, 0) is 49.9 Å². The number of halogens is 1. The molecule has 1 N–H and O–H groups in total. The molecule has 2 aromatic rings. The van der Waals surface area contributed by atoms with E-state index in [-0.39, 0.29) is 11.3 Å². The van der Waals surface area contributed by atoms with Gasteiger partial charge in [0.05, 0.1) is 6.54 Å². The number of H-pyrrole nitrogens is 1. The Labute approximate surface area is 157 Å². The molecule has 1 saturated carbocycles. The summed E-state index contributed by atoms with van der Waals surface area (Å²) < 4.78 is 2.16. The summed E-state index contributed by atoms with van der Waals surface area (Å²) in [7, 11) is 0. The van der Waals surface area contributed by atoms with Crippen LogP contribution in [0.5, 0.6) is 0 Å². The zero-order valence-electron chi connectivity index (χ0n) is 14.5. The van der Waals surface area contributed by atoms with Crippen molar-refractivity contribution in [1.29, 1.82) is 0 Å². The molecular formula is C18H23ClN4OS. The highest BCUT2D eigenvalue weighted by Crippen LogP contribution is 2.54. The molecule has 1 aromatic heterocycles. The van der Waals surface area contributed by atoms with Gasteiger partial charge in [-0.3, -0.25) is 9.78 Å². The van der Waals surface area contributed by atoms with E-state index in [4.69, 9.17) is 23.8 Å². The molecule has 0 spiro atoms. The molecule has 7 heteroatoms. The van der Waals surface area contributed by atoms with Crippen molar-refractivity contribution < 1.29 is 0 Å². The van der Waals surface area contributed by atoms with E-state index in [0.29, 0.717) is 17.2 Å². The van der Waals surface area contributed by atoms with E-state index in [1.54, 1.807) is 11.0 Å². The highest BCUT2D eigenvalue weighted by Gasteiger charge is 2.59. The molecule has 3 rings (SSSR count). The number of aryl methyl sites for hydroxylation is 1. The van der Waals surface area contributed by atoms with Gasteiger partial charge >= 0.3 is 0 Å². The number of hydrogen-bond acceptors (Lipinski definition) is 4. The number of nitrogens with zero attached hydrogens (tertiary/aromatic N) is 3. The van der Waals surface area contributed by atoms with E-state index in [1.807, 2.05) is 0 Å². The minimum Gasteiger partial charge on any atom is -0.286 e. The first-order chi connectivity index (χ1) is 11.9. The first-order valence-corrected chi connectivity index (χ1v) is 9.45. The predicted octanol–water partition coefficient (Wildman–Crippen LogP) is 4.65. The Bertz CT molecular complexity index is 802. The summed E-state index contributed by atoms with van der Waals surface area (Å²) in [5, 5.41) is 6.71. The fourth-order valence-corrected chi connectivity index (χ4v) is 4.60. The van der Waals surface area contributed by atoms with E-state index in [1.165, 1.54) is 11.1 Å². The van der Waals surface area contributed by atoms with Crippen molar-refractivity contribution in [3.8, 4) is 0 Å². The van der Waals surface area contributed by atoms with Crippen LogP contribution < -0.4 is 0 Å². The second-order valence-electron chi connectivity index (χ2n) is 7.39. The Morgan fingerprint density at radius 3 is 2.72 bits per heavy atom. The van der Waals surface area contributed by atoms with Crippen LogP contribution in [0.3, 0.4) is 0 Å². The van der Waals surface area contributed by atoms with Crippen molar-refractivity contribution in [2.24, 2.45) is 16.5 Å². The van der Waals surface area contributed by atoms with Crippen molar-refractivity contribution in [1.82, 2.24) is 14.8 Å². The molecule has 134 valence electrons. The molecule has 1 aromatic carbocycles. The summed E-state index contributed by atoms with van der Waals surface area (Å²) >= 11 is 11.6. The summed E-state index contributed by atoms with van der Waals surface area (Å²) in [6, 6.07) is 8.46. The summed E-state index contributed by atoms with van der Waals surface area (Å²) in [6.07, 6.45) is 4.15. The number of aromatic nitrogens is 3. The summed E-state index contributed by atoms with van der Waals surface area (Å²) in [5.74, 6) is 0.506. The zero-order chi connectivity index (χ0) is 18.1. The lowest BCUT2D eigenvalue weighted by Gasteiger charge is -2.40. The number of nitrogens with one attached hydrogen (secondary N) is 1. The molecular weight excluding hydrogens is 356 g/mol. The van der Waals surface area contributed by atoms with Gasteiger partial charge in [-0.15, -0.1) is 11.6 Å². The maximum atomic E-state index is 12.2. The van der Waals surface area contributed by atoms with Crippen LogP contribution in [0.15, 0.2) is 35.8 Å². The molecule has 1 aliphatic rings. The van der Waals surface area contributed by atoms with Crippen LogP contribution in [0, 0.1) is 27.9 Å². The standard InChI is InChI=1S/C18H23ClN4OS/c1-13-3-5-14(6-4-13)9-15-7-8-17(2,10-19)18(15,22-24)11-23-16(25)20-12-21-23/h3-6,12,15H,7-11H2,1-2H3,(H,20,21,25). The van der Waals surface area contributed by atoms with Crippen LogP contribution in [0.4, 0.5) is 0 Å². The lowest BCUT2D eigenvalue weighted by Crippen LogP contribution is -2.50. The quantitative estimate of drug-likeness (QED) is 0.452. The van der Waals surface area contributed by atoms with E-state index in [0.717, 1.165) is 19.3 Å². The first kappa shape index (κ1) is 18.3. The van der Waals surface area contributed by atoms with E-state index in [2.05, 4.69) is 53.4 Å². The van der Waals surface area contributed by atoms with Gasteiger partial charge in [-0.2, -0.15) is 4.91 Å². The third kappa shape index (κ3) is 3.17. The Balaban J connectivity index is 1.98. The molecule has 25 heavy (non-hydrogen) atoms. The average molecular weight is 379 g/mol. The van der Waals surface area contributed by atoms with Gasteiger partial charge in [0.25, 0.3) is 0 Å². The SMILES string of the molecule is Cc1ccc(CC2CCC(C)(CCl)C2(Cn2[nH]cnc2=S)N=O)cc1. The molecule has 1 aliphatic carbocycles. The van der Waals surface area contributed by atoms with Gasteiger partial charge < -0.3 is 0 Å². The average Bonchev–Trinajstić information content (AvgIpc) is 3.13. The summed E-state index contributed by atoms with van der Waals surface area (Å²) in [6.45, 7) is 4.52. The predicted molar refractivity (Wildman–Crippen MR) is 102 cm³/mol. The lowest BCUT2D eigenvalue weighted by molar-refractivity contribution is 0.137. The van der Waals surface area contributed by atoms with Gasteiger partial charge in [-0.25, -0.2) is 4.98 Å². The largest absolute Gasteiger partial charge is 0.286 e. The Hall–Kier alpha value is -1.53. The monoisotopic (exact) mass is 378 g/mol. The van der Waals surface area contributed by atoms with Crippen molar-refractivity contribution in [3.63, 3.8) is 0 Å². The summed E-state index contributed by atoms with van der Waals surface area (Å²) in [5.41, 5.74) is 1.26.